The van der Waals surface area contributed by atoms with Gasteiger partial charge in [-0.25, -0.2) is 8.78 Å². The molecule has 0 saturated heterocycles. The first-order valence-corrected chi connectivity index (χ1v) is 4.92. The minimum atomic E-state index is -1.40. The third kappa shape index (κ3) is 2.19. The molecule has 0 saturated carbocycles. The van der Waals surface area contributed by atoms with Crippen molar-refractivity contribution in [3.8, 4) is 0 Å². The third-order valence-corrected chi connectivity index (χ3v) is 2.49. The molecule has 0 aromatic heterocycles. The number of carbonyl (C=O) groups excluding carboxylic acids is 1. The molecule has 1 amide bonds. The standard InChI is InChI=1S/C11H14F2N2O/c1-3-15-11(2,10(14)16)8-6-7(12)4-5-9(8)13/h4-6,15H,3H2,1-2H3,(H2,14,16). The minimum Gasteiger partial charge on any atom is -0.368 e. The second-order valence-corrected chi connectivity index (χ2v) is 3.64. The Labute approximate surface area is 92.6 Å². The molecular weight excluding hydrogens is 214 g/mol. The van der Waals surface area contributed by atoms with Crippen LogP contribution >= 0.6 is 0 Å². The van der Waals surface area contributed by atoms with Gasteiger partial charge in [-0.05, 0) is 31.7 Å². The fraction of sp³-hybridized carbons (Fsp3) is 0.364. The van der Waals surface area contributed by atoms with Crippen molar-refractivity contribution in [1.82, 2.24) is 5.32 Å². The van der Waals surface area contributed by atoms with Crippen molar-refractivity contribution in [2.24, 2.45) is 5.73 Å². The maximum Gasteiger partial charge on any atom is 0.242 e. The summed E-state index contributed by atoms with van der Waals surface area (Å²) in [6, 6.07) is 2.94. The third-order valence-electron chi connectivity index (χ3n) is 2.49. The first-order chi connectivity index (χ1) is 7.41. The molecule has 3 N–H and O–H groups in total. The van der Waals surface area contributed by atoms with Crippen molar-refractivity contribution in [2.45, 2.75) is 19.4 Å². The van der Waals surface area contributed by atoms with Gasteiger partial charge in [0.05, 0.1) is 0 Å². The van der Waals surface area contributed by atoms with Crippen LogP contribution < -0.4 is 11.1 Å². The van der Waals surface area contributed by atoms with Crippen LogP contribution in [0.15, 0.2) is 18.2 Å². The van der Waals surface area contributed by atoms with E-state index in [1.54, 1.807) is 6.92 Å². The van der Waals surface area contributed by atoms with E-state index in [9.17, 15) is 13.6 Å². The van der Waals surface area contributed by atoms with Crippen molar-refractivity contribution in [1.29, 1.82) is 0 Å². The van der Waals surface area contributed by atoms with E-state index in [4.69, 9.17) is 5.73 Å². The van der Waals surface area contributed by atoms with Gasteiger partial charge in [-0.15, -0.1) is 0 Å². The van der Waals surface area contributed by atoms with Crippen LogP contribution in [0.1, 0.15) is 19.4 Å². The highest BCUT2D eigenvalue weighted by atomic mass is 19.1. The van der Waals surface area contributed by atoms with Gasteiger partial charge in [-0.3, -0.25) is 4.79 Å². The molecule has 0 bridgehead atoms. The van der Waals surface area contributed by atoms with Gasteiger partial charge in [-0.1, -0.05) is 6.92 Å². The molecule has 1 aromatic rings. The number of halogens is 2. The predicted octanol–water partition coefficient (Wildman–Crippen LogP) is 1.27. The first-order valence-electron chi connectivity index (χ1n) is 4.92. The Morgan fingerprint density at radius 3 is 2.62 bits per heavy atom. The highest BCUT2D eigenvalue weighted by Crippen LogP contribution is 2.24. The average Bonchev–Trinajstić information content (AvgIpc) is 2.21. The molecule has 16 heavy (non-hydrogen) atoms. The van der Waals surface area contributed by atoms with Gasteiger partial charge in [0.25, 0.3) is 0 Å². The fourth-order valence-corrected chi connectivity index (χ4v) is 1.55. The summed E-state index contributed by atoms with van der Waals surface area (Å²) in [5, 5.41) is 2.76. The summed E-state index contributed by atoms with van der Waals surface area (Å²) in [5.41, 5.74) is 3.73. The van der Waals surface area contributed by atoms with Gasteiger partial charge < -0.3 is 11.1 Å². The Balaban J connectivity index is 3.31. The lowest BCUT2D eigenvalue weighted by Crippen LogP contribution is -2.50. The van der Waals surface area contributed by atoms with Crippen LogP contribution in [0.25, 0.3) is 0 Å². The summed E-state index contributed by atoms with van der Waals surface area (Å²) in [4.78, 5) is 11.3. The number of nitrogens with one attached hydrogen (secondary N) is 1. The molecule has 0 heterocycles. The number of amides is 1. The van der Waals surface area contributed by atoms with Crippen molar-refractivity contribution >= 4 is 5.91 Å². The van der Waals surface area contributed by atoms with Gasteiger partial charge in [0.2, 0.25) is 5.91 Å². The number of hydrogen-bond donors (Lipinski definition) is 2. The maximum atomic E-state index is 13.5. The van der Waals surface area contributed by atoms with Gasteiger partial charge in [-0.2, -0.15) is 0 Å². The smallest absolute Gasteiger partial charge is 0.242 e. The normalized spacial score (nSPS) is 14.5. The molecule has 0 aliphatic rings. The second-order valence-electron chi connectivity index (χ2n) is 3.64. The van der Waals surface area contributed by atoms with Gasteiger partial charge >= 0.3 is 0 Å². The van der Waals surface area contributed by atoms with Crippen molar-refractivity contribution < 1.29 is 13.6 Å². The zero-order chi connectivity index (χ0) is 12.3. The summed E-state index contributed by atoms with van der Waals surface area (Å²) >= 11 is 0. The molecule has 5 heteroatoms. The van der Waals surface area contributed by atoms with E-state index >= 15 is 0 Å². The summed E-state index contributed by atoms with van der Waals surface area (Å²) < 4.78 is 26.6. The lowest BCUT2D eigenvalue weighted by molar-refractivity contribution is -0.124. The summed E-state index contributed by atoms with van der Waals surface area (Å²) in [6.07, 6.45) is 0. The molecule has 1 aromatic carbocycles. The molecule has 1 atom stereocenters. The van der Waals surface area contributed by atoms with Crippen LogP contribution in [-0.2, 0) is 10.3 Å². The average molecular weight is 228 g/mol. The molecule has 1 rings (SSSR count). The monoisotopic (exact) mass is 228 g/mol. The fourth-order valence-electron chi connectivity index (χ4n) is 1.55. The van der Waals surface area contributed by atoms with E-state index < -0.39 is 23.1 Å². The number of likely N-dealkylation sites (N-methyl/N-ethyl adjacent to an activating group) is 1. The Bertz CT molecular complexity index is 409. The van der Waals surface area contributed by atoms with E-state index in [0.29, 0.717) is 6.54 Å². The zero-order valence-corrected chi connectivity index (χ0v) is 9.18. The largest absolute Gasteiger partial charge is 0.368 e. The quantitative estimate of drug-likeness (QED) is 0.815. The van der Waals surface area contributed by atoms with E-state index in [2.05, 4.69) is 5.32 Å². The molecular formula is C11H14F2N2O. The number of nitrogens with two attached hydrogens (primary N) is 1. The Kier molecular flexibility index (Phi) is 3.59. The Morgan fingerprint density at radius 2 is 2.12 bits per heavy atom. The van der Waals surface area contributed by atoms with E-state index in [-0.39, 0.29) is 5.56 Å². The predicted molar refractivity (Wildman–Crippen MR) is 56.6 cm³/mol. The lowest BCUT2D eigenvalue weighted by atomic mass is 9.90. The second kappa shape index (κ2) is 4.57. The van der Waals surface area contributed by atoms with Crippen LogP contribution in [0.2, 0.25) is 0 Å². The molecule has 0 aliphatic carbocycles. The van der Waals surface area contributed by atoms with Crippen molar-refractivity contribution in [2.75, 3.05) is 6.54 Å². The number of rotatable bonds is 4. The number of carbonyl (C=O) groups is 1. The van der Waals surface area contributed by atoms with E-state index in [1.807, 2.05) is 0 Å². The number of hydrogen-bond acceptors (Lipinski definition) is 2. The topological polar surface area (TPSA) is 55.1 Å². The first kappa shape index (κ1) is 12.6. The number of benzene rings is 1. The van der Waals surface area contributed by atoms with Crippen LogP contribution in [0.3, 0.4) is 0 Å². The van der Waals surface area contributed by atoms with Crippen LogP contribution in [0, 0.1) is 11.6 Å². The van der Waals surface area contributed by atoms with Crippen LogP contribution in [-0.4, -0.2) is 12.5 Å². The summed E-state index contributed by atoms with van der Waals surface area (Å²) in [7, 11) is 0. The minimum absolute atomic E-state index is 0.0816. The molecule has 1 unspecified atom stereocenters. The lowest BCUT2D eigenvalue weighted by Gasteiger charge is -2.27. The molecule has 88 valence electrons. The number of primary amides is 1. The summed E-state index contributed by atoms with van der Waals surface area (Å²) in [6.45, 7) is 3.59. The van der Waals surface area contributed by atoms with Gasteiger partial charge in [0, 0.05) is 5.56 Å². The molecule has 0 spiro atoms. The summed E-state index contributed by atoms with van der Waals surface area (Å²) in [5.74, 6) is -2.02. The Morgan fingerprint density at radius 1 is 1.50 bits per heavy atom. The van der Waals surface area contributed by atoms with Crippen molar-refractivity contribution in [3.05, 3.63) is 35.4 Å². The highest BCUT2D eigenvalue weighted by molar-refractivity contribution is 5.85. The van der Waals surface area contributed by atoms with E-state index in [0.717, 1.165) is 18.2 Å². The molecule has 0 aliphatic heterocycles. The SMILES string of the molecule is CCNC(C)(C(N)=O)c1cc(F)ccc1F. The maximum absolute atomic E-state index is 13.5. The molecule has 3 nitrogen and oxygen atoms in total. The van der Waals surface area contributed by atoms with Crippen LogP contribution in [0.5, 0.6) is 0 Å². The van der Waals surface area contributed by atoms with Gasteiger partial charge in [0.1, 0.15) is 17.2 Å². The molecule has 0 radical (unpaired) electrons. The molecule has 0 fully saturated rings. The highest BCUT2D eigenvalue weighted by Gasteiger charge is 2.35. The van der Waals surface area contributed by atoms with Crippen LogP contribution in [0.4, 0.5) is 8.78 Å². The van der Waals surface area contributed by atoms with Crippen molar-refractivity contribution in [3.63, 3.8) is 0 Å². The van der Waals surface area contributed by atoms with Gasteiger partial charge in [0.15, 0.2) is 0 Å². The van der Waals surface area contributed by atoms with E-state index in [1.165, 1.54) is 6.92 Å². The zero-order valence-electron chi connectivity index (χ0n) is 9.18. The Hall–Kier alpha value is -1.49.